The molecule has 0 radical (unpaired) electrons. The van der Waals surface area contributed by atoms with Crippen LogP contribution in [0.25, 0.3) is 0 Å². The molecule has 0 spiro atoms. The van der Waals surface area contributed by atoms with Crippen molar-refractivity contribution in [2.24, 2.45) is 0 Å². The molecular formula is C20H21ClN4O2. The SMILES string of the molecule is COc1ccc(Nc2cc(C)nc(NCc3ccccc3Cl)n2)cc1OC. The number of ether oxygens (including phenoxy) is 2. The van der Waals surface area contributed by atoms with Gasteiger partial charge in [0.25, 0.3) is 0 Å². The number of benzene rings is 2. The Hall–Kier alpha value is -2.99. The zero-order valence-electron chi connectivity index (χ0n) is 15.4. The molecule has 0 aliphatic rings. The Morgan fingerprint density at radius 3 is 2.48 bits per heavy atom. The van der Waals surface area contributed by atoms with Crippen LogP contribution >= 0.6 is 11.6 Å². The van der Waals surface area contributed by atoms with Crippen LogP contribution in [0.5, 0.6) is 11.5 Å². The van der Waals surface area contributed by atoms with Crippen LogP contribution in [0.2, 0.25) is 5.02 Å². The Balaban J connectivity index is 1.76. The van der Waals surface area contributed by atoms with Crippen LogP contribution in [0.1, 0.15) is 11.3 Å². The third-order valence-corrected chi connectivity index (χ3v) is 4.27. The maximum atomic E-state index is 6.20. The minimum absolute atomic E-state index is 0.526. The van der Waals surface area contributed by atoms with Crippen LogP contribution in [0.15, 0.2) is 48.5 Å². The van der Waals surface area contributed by atoms with E-state index in [9.17, 15) is 0 Å². The van der Waals surface area contributed by atoms with Crippen LogP contribution in [-0.4, -0.2) is 24.2 Å². The van der Waals surface area contributed by atoms with E-state index in [0.717, 1.165) is 16.9 Å². The second kappa shape index (κ2) is 8.60. The summed E-state index contributed by atoms with van der Waals surface area (Å²) >= 11 is 6.20. The highest BCUT2D eigenvalue weighted by Crippen LogP contribution is 2.31. The normalized spacial score (nSPS) is 10.4. The molecular weight excluding hydrogens is 364 g/mol. The fourth-order valence-electron chi connectivity index (χ4n) is 2.59. The number of anilines is 3. The van der Waals surface area contributed by atoms with E-state index < -0.39 is 0 Å². The van der Waals surface area contributed by atoms with Crippen molar-refractivity contribution in [3.8, 4) is 11.5 Å². The molecule has 0 aliphatic heterocycles. The lowest BCUT2D eigenvalue weighted by molar-refractivity contribution is 0.355. The van der Waals surface area contributed by atoms with Crippen molar-refractivity contribution in [1.29, 1.82) is 0 Å². The average molecular weight is 385 g/mol. The van der Waals surface area contributed by atoms with Gasteiger partial charge >= 0.3 is 0 Å². The second-order valence-electron chi connectivity index (χ2n) is 5.86. The molecule has 7 heteroatoms. The summed E-state index contributed by atoms with van der Waals surface area (Å²) in [5.74, 6) is 2.52. The molecule has 0 aliphatic carbocycles. The van der Waals surface area contributed by atoms with Crippen molar-refractivity contribution in [2.75, 3.05) is 24.9 Å². The minimum atomic E-state index is 0.526. The van der Waals surface area contributed by atoms with Gasteiger partial charge in [-0.3, -0.25) is 0 Å². The van der Waals surface area contributed by atoms with Crippen LogP contribution in [-0.2, 0) is 6.54 Å². The fraction of sp³-hybridized carbons (Fsp3) is 0.200. The summed E-state index contributed by atoms with van der Waals surface area (Å²) in [6.45, 7) is 2.46. The van der Waals surface area contributed by atoms with Gasteiger partial charge in [0, 0.05) is 35.1 Å². The smallest absolute Gasteiger partial charge is 0.225 e. The van der Waals surface area contributed by atoms with Gasteiger partial charge in [0.2, 0.25) is 5.95 Å². The second-order valence-corrected chi connectivity index (χ2v) is 6.27. The van der Waals surface area contributed by atoms with Crippen LogP contribution in [0.4, 0.5) is 17.5 Å². The van der Waals surface area contributed by atoms with Crippen LogP contribution < -0.4 is 20.1 Å². The summed E-state index contributed by atoms with van der Waals surface area (Å²) < 4.78 is 10.6. The Labute approximate surface area is 163 Å². The van der Waals surface area contributed by atoms with Crippen LogP contribution in [0.3, 0.4) is 0 Å². The van der Waals surface area contributed by atoms with Gasteiger partial charge in [0.1, 0.15) is 5.82 Å². The molecule has 3 rings (SSSR count). The largest absolute Gasteiger partial charge is 0.493 e. The van der Waals surface area contributed by atoms with E-state index in [1.165, 1.54) is 0 Å². The standard InChI is InChI=1S/C20H21ClN4O2/c1-13-10-19(24-15-8-9-17(26-2)18(11-15)27-3)25-20(23-13)22-12-14-6-4-5-7-16(14)21/h4-11H,12H2,1-3H3,(H2,22,23,24,25). The maximum absolute atomic E-state index is 6.20. The molecule has 0 atom stereocenters. The Bertz CT molecular complexity index is 934. The number of rotatable bonds is 7. The predicted molar refractivity (Wildman–Crippen MR) is 108 cm³/mol. The summed E-state index contributed by atoms with van der Waals surface area (Å²) in [5, 5.41) is 7.20. The predicted octanol–water partition coefficient (Wildman–Crippen LogP) is 4.81. The number of nitrogens with one attached hydrogen (secondary N) is 2. The number of halogens is 1. The number of nitrogens with zero attached hydrogens (tertiary/aromatic N) is 2. The molecule has 2 aromatic carbocycles. The summed E-state index contributed by atoms with van der Waals surface area (Å²) in [5.41, 5.74) is 2.66. The van der Waals surface area contributed by atoms with E-state index in [4.69, 9.17) is 21.1 Å². The van der Waals surface area contributed by atoms with Gasteiger partial charge < -0.3 is 20.1 Å². The molecule has 1 aromatic heterocycles. The maximum Gasteiger partial charge on any atom is 0.225 e. The van der Waals surface area contributed by atoms with E-state index in [1.807, 2.05) is 55.5 Å². The van der Waals surface area contributed by atoms with E-state index >= 15 is 0 Å². The Kier molecular flexibility index (Phi) is 5.98. The molecule has 0 fully saturated rings. The Morgan fingerprint density at radius 1 is 0.963 bits per heavy atom. The highest BCUT2D eigenvalue weighted by atomic mass is 35.5. The number of aryl methyl sites for hydroxylation is 1. The van der Waals surface area contributed by atoms with Crippen molar-refractivity contribution in [3.63, 3.8) is 0 Å². The zero-order valence-corrected chi connectivity index (χ0v) is 16.2. The van der Waals surface area contributed by atoms with Crippen molar-refractivity contribution in [3.05, 3.63) is 64.8 Å². The summed E-state index contributed by atoms with van der Waals surface area (Å²) in [4.78, 5) is 8.95. The van der Waals surface area contributed by atoms with Crippen molar-refractivity contribution < 1.29 is 9.47 Å². The molecule has 27 heavy (non-hydrogen) atoms. The Morgan fingerprint density at radius 2 is 1.74 bits per heavy atom. The first-order chi connectivity index (χ1) is 13.1. The van der Waals surface area contributed by atoms with Gasteiger partial charge in [-0.15, -0.1) is 0 Å². The lowest BCUT2D eigenvalue weighted by Gasteiger charge is -2.12. The van der Waals surface area contributed by atoms with Gasteiger partial charge in [0.15, 0.2) is 11.5 Å². The quantitative estimate of drug-likeness (QED) is 0.609. The summed E-state index contributed by atoms with van der Waals surface area (Å²) in [7, 11) is 3.21. The van der Waals surface area contributed by atoms with Gasteiger partial charge in [-0.2, -0.15) is 4.98 Å². The number of aromatic nitrogens is 2. The van der Waals surface area contributed by atoms with Crippen molar-refractivity contribution in [1.82, 2.24) is 9.97 Å². The van der Waals surface area contributed by atoms with Crippen LogP contribution in [0, 0.1) is 6.92 Å². The first kappa shape index (κ1) is 18.8. The highest BCUT2D eigenvalue weighted by molar-refractivity contribution is 6.31. The monoisotopic (exact) mass is 384 g/mol. The molecule has 0 saturated heterocycles. The molecule has 140 valence electrons. The minimum Gasteiger partial charge on any atom is -0.493 e. The van der Waals surface area contributed by atoms with E-state index in [0.29, 0.717) is 34.8 Å². The molecule has 0 unspecified atom stereocenters. The van der Waals surface area contributed by atoms with Gasteiger partial charge in [-0.05, 0) is 30.7 Å². The first-order valence-electron chi connectivity index (χ1n) is 8.41. The highest BCUT2D eigenvalue weighted by Gasteiger charge is 2.07. The molecule has 1 heterocycles. The molecule has 0 bridgehead atoms. The molecule has 0 amide bonds. The fourth-order valence-corrected chi connectivity index (χ4v) is 2.79. The van der Waals surface area contributed by atoms with E-state index in [1.54, 1.807) is 14.2 Å². The zero-order chi connectivity index (χ0) is 19.2. The molecule has 2 N–H and O–H groups in total. The molecule has 3 aromatic rings. The third kappa shape index (κ3) is 4.80. The molecule has 0 saturated carbocycles. The van der Waals surface area contributed by atoms with Gasteiger partial charge in [-0.25, -0.2) is 4.98 Å². The van der Waals surface area contributed by atoms with E-state index in [-0.39, 0.29) is 0 Å². The molecule has 6 nitrogen and oxygen atoms in total. The lowest BCUT2D eigenvalue weighted by atomic mass is 10.2. The number of hydrogen-bond acceptors (Lipinski definition) is 6. The lowest BCUT2D eigenvalue weighted by Crippen LogP contribution is -2.06. The topological polar surface area (TPSA) is 68.3 Å². The average Bonchev–Trinajstić information content (AvgIpc) is 2.67. The first-order valence-corrected chi connectivity index (χ1v) is 8.79. The van der Waals surface area contributed by atoms with Gasteiger partial charge in [-0.1, -0.05) is 29.8 Å². The van der Waals surface area contributed by atoms with Crippen molar-refractivity contribution in [2.45, 2.75) is 13.5 Å². The van der Waals surface area contributed by atoms with Crippen molar-refractivity contribution >= 4 is 29.1 Å². The number of hydrogen-bond donors (Lipinski definition) is 2. The summed E-state index contributed by atoms with van der Waals surface area (Å²) in [6, 6.07) is 15.1. The van der Waals surface area contributed by atoms with Gasteiger partial charge in [0.05, 0.1) is 14.2 Å². The van der Waals surface area contributed by atoms with E-state index in [2.05, 4.69) is 20.6 Å². The summed E-state index contributed by atoms with van der Waals surface area (Å²) in [6.07, 6.45) is 0. The number of methoxy groups -OCH3 is 2. The third-order valence-electron chi connectivity index (χ3n) is 3.90.